The van der Waals surface area contributed by atoms with E-state index in [-0.39, 0.29) is 25.5 Å². The predicted molar refractivity (Wildman–Crippen MR) is 219 cm³/mol. The number of furan rings is 1. The maximum Gasteiger partial charge on any atom is 0.121 e. The van der Waals surface area contributed by atoms with Gasteiger partial charge in [0, 0.05) is 31.7 Å². The monoisotopic (exact) mass is 925 g/mol. The summed E-state index contributed by atoms with van der Waals surface area (Å²) in [7, 11) is 0. The molecule has 3 aromatic heterocycles. The Kier molecular flexibility index (Phi) is 12.2. The van der Waals surface area contributed by atoms with E-state index in [9.17, 15) is 0 Å². The molecule has 0 spiro atoms. The van der Waals surface area contributed by atoms with E-state index in [0.717, 1.165) is 56.4 Å². The zero-order valence-electron chi connectivity index (χ0n) is 32.2. The molecule has 1 radical (unpaired) electrons. The number of nitrogens with zero attached hydrogens (tertiary/aromatic N) is 2. The van der Waals surface area contributed by atoms with E-state index in [1.807, 2.05) is 12.3 Å². The Balaban J connectivity index is 0.000000217. The van der Waals surface area contributed by atoms with Crippen molar-refractivity contribution in [2.24, 2.45) is 5.41 Å². The van der Waals surface area contributed by atoms with E-state index in [2.05, 4.69) is 179 Å². The van der Waals surface area contributed by atoms with Crippen LogP contribution >= 0.6 is 0 Å². The molecular weight excluding hydrogens is 873 g/mol. The van der Waals surface area contributed by atoms with Gasteiger partial charge in [-0.05, 0) is 47.7 Å². The van der Waals surface area contributed by atoms with Crippen molar-refractivity contribution in [2.75, 3.05) is 0 Å². The normalized spacial score (nSPS) is 11.8. The Labute approximate surface area is 327 Å². The average Bonchev–Trinajstić information content (AvgIpc) is 3.45. The van der Waals surface area contributed by atoms with Gasteiger partial charge < -0.3 is 9.40 Å². The third kappa shape index (κ3) is 9.39. The van der Waals surface area contributed by atoms with Crippen LogP contribution in [0.2, 0.25) is 17.3 Å². The Morgan fingerprint density at radius 1 is 0.712 bits per heavy atom. The topological polar surface area (TPSA) is 38.9 Å². The predicted octanol–water partition coefficient (Wildman–Crippen LogP) is 12.5. The molecule has 0 aliphatic rings. The number of rotatable bonds is 6. The molecule has 3 nitrogen and oxygen atoms in total. The van der Waals surface area contributed by atoms with Gasteiger partial charge in [0.2, 0.25) is 0 Å². The Morgan fingerprint density at radius 3 is 2.04 bits per heavy atom. The van der Waals surface area contributed by atoms with Gasteiger partial charge in [0.25, 0.3) is 0 Å². The summed E-state index contributed by atoms with van der Waals surface area (Å²) in [5.41, 5.74) is 13.7. The van der Waals surface area contributed by atoms with Crippen LogP contribution in [0.1, 0.15) is 62.8 Å². The minimum absolute atomic E-state index is 0. The first-order valence-corrected chi connectivity index (χ1v) is 25.4. The van der Waals surface area contributed by atoms with E-state index < -0.39 is 13.3 Å². The molecule has 7 aromatic rings. The molecule has 269 valence electrons. The first-order valence-electron chi connectivity index (χ1n) is 18.0. The zero-order valence-corrected chi connectivity index (χ0v) is 36.7. The van der Waals surface area contributed by atoms with E-state index in [1.54, 1.807) is 0 Å². The van der Waals surface area contributed by atoms with Gasteiger partial charge in [-0.2, -0.15) is 0 Å². The van der Waals surface area contributed by atoms with Crippen LogP contribution in [-0.4, -0.2) is 23.2 Å². The van der Waals surface area contributed by atoms with Crippen LogP contribution in [0.3, 0.4) is 0 Å². The van der Waals surface area contributed by atoms with Gasteiger partial charge in [-0.25, -0.2) is 0 Å². The third-order valence-electron chi connectivity index (χ3n) is 9.32. The molecular formula is C47H50GeIrN2O-2. The van der Waals surface area contributed by atoms with Gasteiger partial charge >= 0.3 is 126 Å². The number of hydrogen-bond acceptors (Lipinski definition) is 3. The summed E-state index contributed by atoms with van der Waals surface area (Å²) in [4.78, 5) is 9.28. The van der Waals surface area contributed by atoms with Crippen molar-refractivity contribution < 1.29 is 24.5 Å². The standard InChI is InChI=1S/C29H26NO.C18H24GeN.Ir/c1-19-5-7-21(8-6-19)22-9-11-24-25-16-23(10-12-27(25)31-28(24)17-22)26-15-20(13-14-30-26)18-29(2,3)4;1-13(2)15-7-9-16(10-8-15)18-11-14(3)17(12-20-18)19(4,5)6;/h5-9,11-17H,18H2,1-4H3;7-9,11-13H,1-6H3;/q2*-1;. The average molecular weight is 924 g/mol. The zero-order chi connectivity index (χ0) is 36.5. The van der Waals surface area contributed by atoms with Crippen molar-refractivity contribution in [3.63, 3.8) is 0 Å². The largest absolute Gasteiger partial charge is 0.500 e. The number of aryl methyl sites for hydroxylation is 2. The minimum atomic E-state index is -1.80. The van der Waals surface area contributed by atoms with Crippen LogP contribution in [0.25, 0.3) is 55.6 Å². The molecule has 5 heteroatoms. The summed E-state index contributed by atoms with van der Waals surface area (Å²) in [6, 6.07) is 38.8. The summed E-state index contributed by atoms with van der Waals surface area (Å²) in [6.45, 7) is 15.5. The van der Waals surface area contributed by atoms with Gasteiger partial charge in [0.1, 0.15) is 5.58 Å². The number of hydrogen-bond donors (Lipinski definition) is 0. The van der Waals surface area contributed by atoms with E-state index in [1.165, 1.54) is 32.2 Å². The van der Waals surface area contributed by atoms with Crippen molar-refractivity contribution in [3.05, 3.63) is 138 Å². The van der Waals surface area contributed by atoms with Crippen LogP contribution in [0.5, 0.6) is 0 Å². The fourth-order valence-electron chi connectivity index (χ4n) is 6.58. The molecule has 0 N–H and O–H groups in total. The second kappa shape index (κ2) is 16.0. The van der Waals surface area contributed by atoms with Gasteiger partial charge in [-0.1, -0.05) is 79.7 Å². The summed E-state index contributed by atoms with van der Waals surface area (Å²) in [5, 5.41) is 2.22. The summed E-state index contributed by atoms with van der Waals surface area (Å²) in [5.74, 6) is 7.78. The SMILES string of the molecule is Cc1cc(-c2[c-]cc(C(C)C)cc2)nc[c]1[Ge]([CH3])([CH3])[CH3].Cc1ccc(-c2ccc3c(c2)oc2c[c-]c(-c4cc(CC(C)(C)C)ccn4)cc23)cc1.[Ir]. The van der Waals surface area contributed by atoms with Crippen LogP contribution in [0.4, 0.5) is 0 Å². The molecule has 0 amide bonds. The summed E-state index contributed by atoms with van der Waals surface area (Å²) < 4.78 is 7.66. The van der Waals surface area contributed by atoms with Crippen molar-refractivity contribution in [3.8, 4) is 33.6 Å². The van der Waals surface area contributed by atoms with Crippen molar-refractivity contribution in [1.82, 2.24) is 9.97 Å². The molecule has 52 heavy (non-hydrogen) atoms. The van der Waals surface area contributed by atoms with E-state index in [0.29, 0.717) is 5.92 Å². The smallest absolute Gasteiger partial charge is 0.121 e. The molecule has 0 saturated carbocycles. The second-order valence-corrected chi connectivity index (χ2v) is 27.0. The first kappa shape index (κ1) is 39.4. The van der Waals surface area contributed by atoms with Crippen LogP contribution < -0.4 is 4.40 Å². The van der Waals surface area contributed by atoms with Gasteiger partial charge in [-0.3, -0.25) is 0 Å². The molecule has 0 fully saturated rings. The molecule has 0 aliphatic carbocycles. The molecule has 3 heterocycles. The van der Waals surface area contributed by atoms with Crippen LogP contribution in [-0.2, 0) is 26.5 Å². The van der Waals surface area contributed by atoms with Crippen molar-refractivity contribution in [1.29, 1.82) is 0 Å². The Bertz CT molecular complexity index is 2290. The van der Waals surface area contributed by atoms with Gasteiger partial charge in [0.05, 0.1) is 5.58 Å². The molecule has 0 unspecified atom stereocenters. The fraction of sp³-hybridized carbons (Fsp3) is 0.277. The van der Waals surface area contributed by atoms with Crippen LogP contribution in [0.15, 0.2) is 108 Å². The molecule has 7 rings (SSSR count). The maximum atomic E-state index is 6.17. The molecule has 0 atom stereocenters. The third-order valence-corrected chi connectivity index (χ3v) is 13.8. The number of fused-ring (bicyclic) bond motifs is 3. The Hall–Kier alpha value is -3.83. The molecule has 0 bridgehead atoms. The first-order chi connectivity index (χ1) is 24.1. The quantitative estimate of drug-likeness (QED) is 0.123. The molecule has 0 aliphatic heterocycles. The van der Waals surface area contributed by atoms with Gasteiger partial charge in [0.15, 0.2) is 0 Å². The molecule has 0 saturated heterocycles. The number of pyridine rings is 2. The van der Waals surface area contributed by atoms with Crippen molar-refractivity contribution in [2.45, 2.75) is 78.1 Å². The summed E-state index contributed by atoms with van der Waals surface area (Å²) in [6.07, 6.45) is 5.01. The maximum absolute atomic E-state index is 6.17. The number of benzene rings is 4. The van der Waals surface area contributed by atoms with Gasteiger partial charge in [-0.15, -0.1) is 23.8 Å². The second-order valence-electron chi connectivity index (χ2n) is 16.4. The van der Waals surface area contributed by atoms with Crippen LogP contribution in [0, 0.1) is 31.4 Å². The Morgan fingerprint density at radius 2 is 1.40 bits per heavy atom. The summed E-state index contributed by atoms with van der Waals surface area (Å²) >= 11 is -1.80. The van der Waals surface area contributed by atoms with E-state index >= 15 is 0 Å². The number of aromatic nitrogens is 2. The van der Waals surface area contributed by atoms with Crippen molar-refractivity contribution >= 4 is 39.6 Å². The minimum Gasteiger partial charge on any atom is -0.500 e. The fourth-order valence-corrected chi connectivity index (χ4v) is 10.2. The van der Waals surface area contributed by atoms with E-state index in [4.69, 9.17) is 4.42 Å². The molecule has 4 aromatic carbocycles.